The van der Waals surface area contributed by atoms with Gasteiger partial charge in [-0.3, -0.25) is 9.69 Å². The maximum Gasteiger partial charge on any atom is 0.519 e. The number of hydrogen-bond acceptors (Lipinski definition) is 9. The lowest BCUT2D eigenvalue weighted by Crippen LogP contribution is -2.65. The van der Waals surface area contributed by atoms with Crippen LogP contribution in [0, 0.1) is 18.8 Å². The molecule has 10 nitrogen and oxygen atoms in total. The summed E-state index contributed by atoms with van der Waals surface area (Å²) in [4.78, 5) is 27.2. The van der Waals surface area contributed by atoms with Crippen molar-refractivity contribution in [2.45, 2.75) is 122 Å². The standard InChI is InChI=1S/C26H44N2O8/c1-6-8-10-16-11-17(28(12-16)13-19-15(5)34-26(33)36-19)25(32)27-20(14(3)4)24-23(31)22(30)21(29)18(35-24)9-7-2/h14,16-18,20-24,29-31H,6-13H2,1-5H3,(H,27,32). The molecule has 10 heteroatoms. The molecule has 3 rings (SSSR count). The van der Waals surface area contributed by atoms with E-state index in [2.05, 4.69) is 12.2 Å². The summed E-state index contributed by atoms with van der Waals surface area (Å²) in [5, 5.41) is 34.7. The van der Waals surface area contributed by atoms with Crippen LogP contribution in [0.2, 0.25) is 0 Å². The summed E-state index contributed by atoms with van der Waals surface area (Å²) in [6, 6.07) is -1.02. The number of amides is 1. The third-order valence-electron chi connectivity index (χ3n) is 7.64. The van der Waals surface area contributed by atoms with Gasteiger partial charge in [-0.2, -0.15) is 0 Å². The van der Waals surface area contributed by atoms with E-state index in [1.54, 1.807) is 6.92 Å². The Balaban J connectivity index is 1.78. The average molecular weight is 513 g/mol. The van der Waals surface area contributed by atoms with E-state index in [1.165, 1.54) is 0 Å². The third kappa shape index (κ3) is 6.58. The summed E-state index contributed by atoms with van der Waals surface area (Å²) in [6.45, 7) is 10.6. The maximum atomic E-state index is 13.7. The average Bonchev–Trinajstić information content (AvgIpc) is 3.38. The van der Waals surface area contributed by atoms with E-state index in [0.717, 1.165) is 25.7 Å². The minimum absolute atomic E-state index is 0.0989. The quantitative estimate of drug-likeness (QED) is 0.348. The van der Waals surface area contributed by atoms with Gasteiger partial charge < -0.3 is 34.2 Å². The number of rotatable bonds is 11. The van der Waals surface area contributed by atoms with Crippen LogP contribution < -0.4 is 11.1 Å². The van der Waals surface area contributed by atoms with Gasteiger partial charge in [-0.05, 0) is 38.0 Å². The van der Waals surface area contributed by atoms with E-state index in [9.17, 15) is 24.9 Å². The zero-order valence-electron chi connectivity index (χ0n) is 22.2. The number of nitrogens with zero attached hydrogens (tertiary/aromatic N) is 1. The first-order valence-electron chi connectivity index (χ1n) is 13.4. The number of ether oxygens (including phenoxy) is 1. The van der Waals surface area contributed by atoms with Crippen molar-refractivity contribution in [3.63, 3.8) is 0 Å². The summed E-state index contributed by atoms with van der Waals surface area (Å²) in [5.41, 5.74) is 0. The highest BCUT2D eigenvalue weighted by molar-refractivity contribution is 5.82. The van der Waals surface area contributed by atoms with Gasteiger partial charge >= 0.3 is 5.82 Å². The molecular weight excluding hydrogens is 468 g/mol. The number of carbonyl (C=O) groups is 1. The molecule has 8 unspecified atom stereocenters. The van der Waals surface area contributed by atoms with Gasteiger partial charge in [0.25, 0.3) is 0 Å². The number of nitrogens with one attached hydrogen (secondary N) is 1. The molecule has 0 spiro atoms. The molecule has 0 aromatic carbocycles. The van der Waals surface area contributed by atoms with Crippen LogP contribution in [0.1, 0.15) is 77.7 Å². The fourth-order valence-corrected chi connectivity index (χ4v) is 5.54. The summed E-state index contributed by atoms with van der Waals surface area (Å²) in [7, 11) is 0. The fourth-order valence-electron chi connectivity index (χ4n) is 5.54. The lowest BCUT2D eigenvalue weighted by atomic mass is 9.85. The van der Waals surface area contributed by atoms with Crippen LogP contribution in [0.3, 0.4) is 0 Å². The first-order chi connectivity index (χ1) is 17.1. The Morgan fingerprint density at radius 1 is 1.08 bits per heavy atom. The summed E-state index contributed by atoms with van der Waals surface area (Å²) >= 11 is 0. The molecule has 36 heavy (non-hydrogen) atoms. The van der Waals surface area contributed by atoms with Crippen molar-refractivity contribution in [3.8, 4) is 0 Å². The minimum Gasteiger partial charge on any atom is -0.396 e. The second kappa shape index (κ2) is 12.7. The molecule has 2 aliphatic heterocycles. The number of aliphatic hydroxyl groups is 3. The fraction of sp³-hybridized carbons (Fsp3) is 0.846. The van der Waals surface area contributed by atoms with Crippen molar-refractivity contribution in [2.24, 2.45) is 11.8 Å². The Morgan fingerprint density at radius 3 is 2.39 bits per heavy atom. The maximum absolute atomic E-state index is 13.7. The first kappa shape index (κ1) is 28.8. The predicted octanol–water partition coefficient (Wildman–Crippen LogP) is 1.71. The van der Waals surface area contributed by atoms with Gasteiger partial charge in [0, 0.05) is 6.54 Å². The van der Waals surface area contributed by atoms with Gasteiger partial charge in [-0.15, -0.1) is 0 Å². The first-order valence-corrected chi connectivity index (χ1v) is 13.4. The molecule has 2 fully saturated rings. The minimum atomic E-state index is -1.35. The Labute approximate surface area is 213 Å². The van der Waals surface area contributed by atoms with E-state index in [0.29, 0.717) is 36.8 Å². The van der Waals surface area contributed by atoms with E-state index < -0.39 is 48.4 Å². The summed E-state index contributed by atoms with van der Waals surface area (Å²) in [6.07, 6.45) is -0.248. The molecule has 1 aromatic rings. The van der Waals surface area contributed by atoms with Gasteiger partial charge in [0.2, 0.25) is 5.91 Å². The van der Waals surface area contributed by atoms with E-state index >= 15 is 0 Å². The molecule has 0 saturated carbocycles. The molecule has 2 aliphatic rings. The molecule has 206 valence electrons. The number of aryl methyl sites for hydroxylation is 1. The van der Waals surface area contributed by atoms with Crippen molar-refractivity contribution >= 4 is 5.91 Å². The highest BCUT2D eigenvalue weighted by atomic mass is 16.6. The third-order valence-corrected chi connectivity index (χ3v) is 7.64. The molecule has 4 N–H and O–H groups in total. The predicted molar refractivity (Wildman–Crippen MR) is 132 cm³/mol. The van der Waals surface area contributed by atoms with E-state index in [4.69, 9.17) is 13.6 Å². The zero-order chi connectivity index (χ0) is 26.6. The number of hydrogen-bond donors (Lipinski definition) is 4. The van der Waals surface area contributed by atoms with Crippen molar-refractivity contribution in [1.29, 1.82) is 0 Å². The SMILES string of the molecule is CCCCC1CC(C(=O)NC(C(C)C)C2OC(CCC)C(O)C(O)C2O)N(Cc2oc(=O)oc2C)C1. The molecule has 3 heterocycles. The van der Waals surface area contributed by atoms with Gasteiger partial charge in [-0.25, -0.2) is 4.79 Å². The van der Waals surface area contributed by atoms with Gasteiger partial charge in [0.1, 0.15) is 30.2 Å². The molecular formula is C26H44N2O8. The van der Waals surface area contributed by atoms with Crippen LogP contribution in [-0.2, 0) is 16.1 Å². The number of unbranched alkanes of at least 4 members (excludes halogenated alkanes) is 1. The van der Waals surface area contributed by atoms with Crippen molar-refractivity contribution in [3.05, 3.63) is 22.1 Å². The molecule has 2 saturated heterocycles. The topological polar surface area (TPSA) is 146 Å². The Bertz CT molecular complexity index is 899. The lowest BCUT2D eigenvalue weighted by molar-refractivity contribution is -0.232. The highest BCUT2D eigenvalue weighted by Gasteiger charge is 2.48. The molecule has 8 atom stereocenters. The molecule has 1 aromatic heterocycles. The smallest absolute Gasteiger partial charge is 0.396 e. The molecule has 1 amide bonds. The molecule has 0 bridgehead atoms. The second-order valence-corrected chi connectivity index (χ2v) is 10.8. The summed E-state index contributed by atoms with van der Waals surface area (Å²) in [5.74, 6) is 0.109. The van der Waals surface area contributed by atoms with Crippen molar-refractivity contribution in [2.75, 3.05) is 6.54 Å². The van der Waals surface area contributed by atoms with Crippen molar-refractivity contribution in [1.82, 2.24) is 10.2 Å². The van der Waals surface area contributed by atoms with Crippen LogP contribution in [0.25, 0.3) is 0 Å². The monoisotopic (exact) mass is 512 g/mol. The Kier molecular flexibility index (Phi) is 10.2. The molecule has 0 radical (unpaired) electrons. The zero-order valence-corrected chi connectivity index (χ0v) is 22.2. The largest absolute Gasteiger partial charge is 0.519 e. The number of aliphatic hydroxyl groups excluding tert-OH is 3. The van der Waals surface area contributed by atoms with Crippen LogP contribution in [-0.4, -0.2) is 75.3 Å². The van der Waals surface area contributed by atoms with Gasteiger partial charge in [-0.1, -0.05) is 47.0 Å². The highest BCUT2D eigenvalue weighted by Crippen LogP contribution is 2.31. The van der Waals surface area contributed by atoms with Crippen LogP contribution in [0.5, 0.6) is 0 Å². The lowest BCUT2D eigenvalue weighted by Gasteiger charge is -2.45. The van der Waals surface area contributed by atoms with Crippen LogP contribution >= 0.6 is 0 Å². The van der Waals surface area contributed by atoms with Crippen LogP contribution in [0.15, 0.2) is 13.6 Å². The van der Waals surface area contributed by atoms with E-state index in [1.807, 2.05) is 25.7 Å². The Morgan fingerprint density at radius 2 is 1.81 bits per heavy atom. The second-order valence-electron chi connectivity index (χ2n) is 10.8. The number of likely N-dealkylation sites (tertiary alicyclic amines) is 1. The Hall–Kier alpha value is -1.72. The van der Waals surface area contributed by atoms with Crippen molar-refractivity contribution < 1.29 is 33.7 Å². The van der Waals surface area contributed by atoms with E-state index in [-0.39, 0.29) is 18.4 Å². The summed E-state index contributed by atoms with van der Waals surface area (Å²) < 4.78 is 16.3. The number of carbonyl (C=O) groups excluding carboxylic acids is 1. The normalized spacial score (nSPS) is 32.2. The van der Waals surface area contributed by atoms with Gasteiger partial charge in [0.05, 0.1) is 24.7 Å². The molecule has 0 aliphatic carbocycles. The van der Waals surface area contributed by atoms with Crippen LogP contribution in [0.4, 0.5) is 0 Å². The van der Waals surface area contributed by atoms with Gasteiger partial charge in [0.15, 0.2) is 5.76 Å².